The van der Waals surface area contributed by atoms with Gasteiger partial charge in [0.25, 0.3) is 0 Å². The summed E-state index contributed by atoms with van der Waals surface area (Å²) in [6.07, 6.45) is 4.92. The molecule has 1 aromatic rings. The van der Waals surface area contributed by atoms with E-state index >= 15 is 0 Å². The van der Waals surface area contributed by atoms with Crippen molar-refractivity contribution in [3.63, 3.8) is 0 Å². The lowest BCUT2D eigenvalue weighted by molar-refractivity contribution is -0.120. The maximum Gasteiger partial charge on any atom is 0.230 e. The lowest BCUT2D eigenvalue weighted by atomic mass is 9.85. The summed E-state index contributed by atoms with van der Waals surface area (Å²) >= 11 is 1.56. The summed E-state index contributed by atoms with van der Waals surface area (Å²) in [4.78, 5) is 13.1. The third-order valence-corrected chi connectivity index (χ3v) is 5.26. The minimum atomic E-state index is -0.683. The Morgan fingerprint density at radius 2 is 2.00 bits per heavy atom. The highest BCUT2D eigenvalue weighted by molar-refractivity contribution is 8.00. The number of rotatable bonds is 5. The van der Waals surface area contributed by atoms with Crippen molar-refractivity contribution in [1.82, 2.24) is 5.32 Å². The third kappa shape index (κ3) is 5.04. The standard InChI is InChI=1S/C17H25NO2S/c1-13-6-7-14(2)15(10-13)21-11-16(19)18-12-17(20)8-4-3-5-9-17/h6-7,10,20H,3-5,8-9,11-12H2,1-2H3,(H,18,19). The molecule has 2 N–H and O–H groups in total. The van der Waals surface area contributed by atoms with E-state index in [1.807, 2.05) is 0 Å². The molecule has 1 fully saturated rings. The SMILES string of the molecule is Cc1ccc(C)c(SCC(=O)NCC2(O)CCCCC2)c1. The Hall–Kier alpha value is -1.00. The number of amides is 1. The van der Waals surface area contributed by atoms with Gasteiger partial charge in [0.15, 0.2) is 0 Å². The molecule has 0 radical (unpaired) electrons. The molecule has 0 bridgehead atoms. The van der Waals surface area contributed by atoms with Crippen LogP contribution in [-0.4, -0.2) is 28.9 Å². The van der Waals surface area contributed by atoms with Crippen molar-refractivity contribution < 1.29 is 9.90 Å². The smallest absolute Gasteiger partial charge is 0.230 e. The lowest BCUT2D eigenvalue weighted by Gasteiger charge is -2.32. The van der Waals surface area contributed by atoms with Crippen molar-refractivity contribution in [3.8, 4) is 0 Å². The van der Waals surface area contributed by atoms with E-state index in [0.29, 0.717) is 12.3 Å². The number of hydrogen-bond acceptors (Lipinski definition) is 3. The van der Waals surface area contributed by atoms with Crippen LogP contribution in [0.5, 0.6) is 0 Å². The molecule has 0 unspecified atom stereocenters. The molecule has 1 aromatic carbocycles. The number of hydrogen-bond donors (Lipinski definition) is 2. The van der Waals surface area contributed by atoms with Crippen molar-refractivity contribution in [2.75, 3.05) is 12.3 Å². The van der Waals surface area contributed by atoms with Gasteiger partial charge < -0.3 is 10.4 Å². The van der Waals surface area contributed by atoms with Crippen LogP contribution in [0, 0.1) is 13.8 Å². The lowest BCUT2D eigenvalue weighted by Crippen LogP contribution is -2.44. The monoisotopic (exact) mass is 307 g/mol. The normalized spacial score (nSPS) is 17.5. The molecule has 0 aromatic heterocycles. The Bertz CT molecular complexity index is 496. The van der Waals surface area contributed by atoms with Gasteiger partial charge in [-0.3, -0.25) is 4.79 Å². The van der Waals surface area contributed by atoms with E-state index < -0.39 is 5.60 Å². The summed E-state index contributed by atoms with van der Waals surface area (Å²) in [6, 6.07) is 6.28. The maximum atomic E-state index is 12.0. The Morgan fingerprint density at radius 1 is 1.29 bits per heavy atom. The van der Waals surface area contributed by atoms with Gasteiger partial charge in [-0.05, 0) is 38.3 Å². The quantitative estimate of drug-likeness (QED) is 0.821. The fourth-order valence-corrected chi connectivity index (χ4v) is 3.66. The molecule has 0 heterocycles. The van der Waals surface area contributed by atoms with Crippen LogP contribution in [0.4, 0.5) is 0 Å². The molecule has 1 aliphatic carbocycles. The molecule has 116 valence electrons. The molecular weight excluding hydrogens is 282 g/mol. The second-order valence-electron chi connectivity index (χ2n) is 6.12. The van der Waals surface area contributed by atoms with Gasteiger partial charge in [-0.1, -0.05) is 37.0 Å². The van der Waals surface area contributed by atoms with E-state index in [0.717, 1.165) is 30.6 Å². The van der Waals surface area contributed by atoms with Crippen LogP contribution in [0.3, 0.4) is 0 Å². The molecule has 0 atom stereocenters. The molecule has 4 heteroatoms. The van der Waals surface area contributed by atoms with E-state index in [1.165, 1.54) is 17.5 Å². The maximum absolute atomic E-state index is 12.0. The Balaban J connectivity index is 1.78. The number of nitrogens with one attached hydrogen (secondary N) is 1. The van der Waals surface area contributed by atoms with Crippen LogP contribution in [0.1, 0.15) is 43.2 Å². The summed E-state index contributed by atoms with van der Waals surface area (Å²) in [5, 5.41) is 13.3. The first-order chi connectivity index (χ1) is 9.98. The van der Waals surface area contributed by atoms with Crippen molar-refractivity contribution in [2.45, 2.75) is 56.4 Å². The van der Waals surface area contributed by atoms with E-state index in [1.54, 1.807) is 11.8 Å². The number of aliphatic hydroxyl groups is 1. The largest absolute Gasteiger partial charge is 0.388 e. The van der Waals surface area contributed by atoms with Gasteiger partial charge in [-0.15, -0.1) is 11.8 Å². The minimum Gasteiger partial charge on any atom is -0.388 e. The van der Waals surface area contributed by atoms with Gasteiger partial charge in [0.05, 0.1) is 11.4 Å². The fourth-order valence-electron chi connectivity index (χ4n) is 2.71. The fraction of sp³-hybridized carbons (Fsp3) is 0.588. The Kier molecular flexibility index (Phi) is 5.71. The molecule has 3 nitrogen and oxygen atoms in total. The molecule has 0 spiro atoms. The van der Waals surface area contributed by atoms with Crippen LogP contribution in [0.25, 0.3) is 0 Å². The summed E-state index contributed by atoms with van der Waals surface area (Å²) in [5.41, 5.74) is 1.72. The molecule has 2 rings (SSSR count). The first kappa shape index (κ1) is 16.4. The van der Waals surface area contributed by atoms with Gasteiger partial charge >= 0.3 is 0 Å². The van der Waals surface area contributed by atoms with Gasteiger partial charge in [0.1, 0.15) is 0 Å². The van der Waals surface area contributed by atoms with Crippen molar-refractivity contribution in [2.24, 2.45) is 0 Å². The Morgan fingerprint density at radius 3 is 2.71 bits per heavy atom. The Labute approximate surface area is 131 Å². The van der Waals surface area contributed by atoms with E-state index in [9.17, 15) is 9.90 Å². The van der Waals surface area contributed by atoms with E-state index in [-0.39, 0.29) is 5.91 Å². The molecule has 1 aliphatic rings. The van der Waals surface area contributed by atoms with Gasteiger partial charge in [-0.2, -0.15) is 0 Å². The highest BCUT2D eigenvalue weighted by Crippen LogP contribution is 2.27. The molecule has 0 saturated heterocycles. The highest BCUT2D eigenvalue weighted by Gasteiger charge is 2.29. The highest BCUT2D eigenvalue weighted by atomic mass is 32.2. The zero-order valence-electron chi connectivity index (χ0n) is 12.9. The predicted octanol–water partition coefficient (Wildman–Crippen LogP) is 3.21. The second kappa shape index (κ2) is 7.32. The number of benzene rings is 1. The van der Waals surface area contributed by atoms with Gasteiger partial charge in [0, 0.05) is 11.4 Å². The van der Waals surface area contributed by atoms with E-state index in [4.69, 9.17) is 0 Å². The van der Waals surface area contributed by atoms with E-state index in [2.05, 4.69) is 37.4 Å². The summed E-state index contributed by atoms with van der Waals surface area (Å²) in [5.74, 6) is 0.403. The predicted molar refractivity (Wildman–Crippen MR) is 87.7 cm³/mol. The molecular formula is C17H25NO2S. The van der Waals surface area contributed by atoms with Crippen molar-refractivity contribution in [3.05, 3.63) is 29.3 Å². The first-order valence-electron chi connectivity index (χ1n) is 7.68. The number of carbonyl (C=O) groups excluding carboxylic acids is 1. The van der Waals surface area contributed by atoms with Crippen LogP contribution >= 0.6 is 11.8 Å². The zero-order chi connectivity index (χ0) is 15.3. The van der Waals surface area contributed by atoms with Crippen LogP contribution in [-0.2, 0) is 4.79 Å². The number of thioether (sulfide) groups is 1. The molecule has 1 saturated carbocycles. The molecule has 1 amide bonds. The van der Waals surface area contributed by atoms with Crippen LogP contribution in [0.2, 0.25) is 0 Å². The topological polar surface area (TPSA) is 49.3 Å². The average Bonchev–Trinajstić information content (AvgIpc) is 2.47. The summed E-state index contributed by atoms with van der Waals surface area (Å²) < 4.78 is 0. The van der Waals surface area contributed by atoms with Gasteiger partial charge in [0.2, 0.25) is 5.91 Å². The van der Waals surface area contributed by atoms with Gasteiger partial charge in [-0.25, -0.2) is 0 Å². The molecule has 21 heavy (non-hydrogen) atoms. The second-order valence-corrected chi connectivity index (χ2v) is 7.14. The third-order valence-electron chi connectivity index (χ3n) is 4.10. The van der Waals surface area contributed by atoms with Crippen molar-refractivity contribution >= 4 is 17.7 Å². The average molecular weight is 307 g/mol. The zero-order valence-corrected chi connectivity index (χ0v) is 13.8. The number of carbonyl (C=O) groups is 1. The first-order valence-corrected chi connectivity index (χ1v) is 8.66. The van der Waals surface area contributed by atoms with Crippen LogP contribution in [0.15, 0.2) is 23.1 Å². The van der Waals surface area contributed by atoms with Crippen LogP contribution < -0.4 is 5.32 Å². The van der Waals surface area contributed by atoms with Crippen molar-refractivity contribution in [1.29, 1.82) is 0 Å². The summed E-state index contributed by atoms with van der Waals surface area (Å²) in [6.45, 7) is 4.51. The molecule has 0 aliphatic heterocycles. The number of aryl methyl sites for hydroxylation is 2. The minimum absolute atomic E-state index is 0.0000883. The summed E-state index contributed by atoms with van der Waals surface area (Å²) in [7, 11) is 0.